The van der Waals surface area contributed by atoms with Crippen LogP contribution in [0.25, 0.3) is 0 Å². The van der Waals surface area contributed by atoms with Gasteiger partial charge in [-0.25, -0.2) is 14.5 Å². The van der Waals surface area contributed by atoms with E-state index >= 15 is 0 Å². The third-order valence-corrected chi connectivity index (χ3v) is 5.40. The first kappa shape index (κ1) is 18.2. The normalized spacial score (nSPS) is 19.3. The molecule has 0 bridgehead atoms. The van der Waals surface area contributed by atoms with Gasteiger partial charge in [0.1, 0.15) is 17.5 Å². The van der Waals surface area contributed by atoms with E-state index in [9.17, 15) is 4.79 Å². The topological polar surface area (TPSA) is 69.0 Å². The van der Waals surface area contributed by atoms with Crippen molar-refractivity contribution in [3.8, 4) is 11.8 Å². The van der Waals surface area contributed by atoms with Crippen molar-refractivity contribution < 1.29 is 9.53 Å². The van der Waals surface area contributed by atoms with Crippen molar-refractivity contribution in [2.45, 2.75) is 44.7 Å². The number of nitrogens with zero attached hydrogens (tertiary/aromatic N) is 3. The average molecular weight is 370 g/mol. The van der Waals surface area contributed by atoms with E-state index in [0.717, 1.165) is 41.8 Å². The van der Waals surface area contributed by atoms with E-state index in [1.54, 1.807) is 12.7 Å². The monoisotopic (exact) mass is 370 g/mol. The summed E-state index contributed by atoms with van der Waals surface area (Å²) < 4.78 is 6.85. The summed E-state index contributed by atoms with van der Waals surface area (Å²) >= 11 is 1.35. The second-order valence-electron chi connectivity index (χ2n) is 6.40. The quantitative estimate of drug-likeness (QED) is 0.657. The Bertz CT molecular complexity index is 837. The lowest BCUT2D eigenvalue weighted by Gasteiger charge is -2.29. The van der Waals surface area contributed by atoms with Gasteiger partial charge in [-0.1, -0.05) is 18.4 Å². The molecule has 0 radical (unpaired) electrons. The molecule has 3 rings (SSSR count). The Labute approximate surface area is 157 Å². The molecule has 2 aromatic heterocycles. The average Bonchev–Trinajstić information content (AvgIpc) is 3.30. The van der Waals surface area contributed by atoms with E-state index in [-0.39, 0.29) is 5.97 Å². The second-order valence-corrected chi connectivity index (χ2v) is 7.45. The molecule has 1 aliphatic rings. The second kappa shape index (κ2) is 8.19. The maximum Gasteiger partial charge on any atom is 0.350 e. The van der Waals surface area contributed by atoms with Gasteiger partial charge in [-0.15, -0.1) is 11.3 Å². The lowest BCUT2D eigenvalue weighted by molar-refractivity contribution is 0.0607. The van der Waals surface area contributed by atoms with Crippen LogP contribution in [0.3, 0.4) is 0 Å². The smallest absolute Gasteiger partial charge is 0.350 e. The van der Waals surface area contributed by atoms with Gasteiger partial charge >= 0.3 is 5.97 Å². The number of hydrogen-bond donors (Lipinski definition) is 1. The maximum absolute atomic E-state index is 12.1. The zero-order valence-electron chi connectivity index (χ0n) is 15.0. The number of esters is 1. The predicted octanol–water partition coefficient (Wildman–Crippen LogP) is 3.65. The Hall–Kier alpha value is -2.59. The van der Waals surface area contributed by atoms with Gasteiger partial charge in [0, 0.05) is 6.04 Å². The summed E-state index contributed by atoms with van der Waals surface area (Å²) in [6, 6.07) is 2.64. The van der Waals surface area contributed by atoms with Crippen molar-refractivity contribution in [3.05, 3.63) is 40.6 Å². The maximum atomic E-state index is 12.1. The molecule has 0 unspecified atom stereocenters. The van der Waals surface area contributed by atoms with Gasteiger partial charge in [0.25, 0.3) is 0 Å². The van der Waals surface area contributed by atoms with Gasteiger partial charge in [-0.3, -0.25) is 0 Å². The van der Waals surface area contributed by atoms with E-state index in [2.05, 4.69) is 33.8 Å². The molecule has 136 valence electrons. The van der Waals surface area contributed by atoms with Crippen molar-refractivity contribution in [3.63, 3.8) is 0 Å². The summed E-state index contributed by atoms with van der Waals surface area (Å²) in [7, 11) is 1.40. The minimum absolute atomic E-state index is 0.315. The molecule has 0 saturated heterocycles. The van der Waals surface area contributed by atoms with Crippen LogP contribution >= 0.6 is 11.3 Å². The number of ether oxygens (including phenoxy) is 1. The molecular weight excluding hydrogens is 348 g/mol. The lowest BCUT2D eigenvalue weighted by Crippen LogP contribution is -2.28. The van der Waals surface area contributed by atoms with Crippen LogP contribution in [0.2, 0.25) is 0 Å². The Morgan fingerprint density at radius 3 is 2.81 bits per heavy atom. The molecule has 7 heteroatoms. The van der Waals surface area contributed by atoms with Crippen LogP contribution < -0.4 is 5.32 Å². The van der Waals surface area contributed by atoms with E-state index in [4.69, 9.17) is 4.74 Å². The molecule has 6 nitrogen and oxygen atoms in total. The van der Waals surface area contributed by atoms with E-state index in [0.29, 0.717) is 17.0 Å². The fourth-order valence-corrected chi connectivity index (χ4v) is 3.98. The SMILES string of the molecule is C=C(C)C#Cc1cc(NC2CCC(n3cncn3)CC2)c(C(=O)OC)s1. The lowest BCUT2D eigenvalue weighted by atomic mass is 9.91. The van der Waals surface area contributed by atoms with Crippen molar-refractivity contribution in [1.29, 1.82) is 0 Å². The molecule has 2 heterocycles. The molecule has 1 saturated carbocycles. The first-order chi connectivity index (χ1) is 12.6. The highest BCUT2D eigenvalue weighted by Gasteiger charge is 2.25. The van der Waals surface area contributed by atoms with Crippen LogP contribution in [0.15, 0.2) is 30.9 Å². The predicted molar refractivity (Wildman–Crippen MR) is 102 cm³/mol. The molecule has 2 aromatic rings. The van der Waals surface area contributed by atoms with E-state index in [1.807, 2.05) is 17.7 Å². The summed E-state index contributed by atoms with van der Waals surface area (Å²) in [5.41, 5.74) is 1.59. The molecule has 1 N–H and O–H groups in total. The standard InChI is InChI=1S/C19H22N4O2S/c1-13(2)4-9-16-10-17(18(26-16)19(24)25-3)22-14-5-7-15(8-6-14)23-12-20-11-21-23/h10-12,14-15,22H,1,5-8H2,2-3H3. The number of nitrogens with one attached hydrogen (secondary N) is 1. The largest absolute Gasteiger partial charge is 0.465 e. The van der Waals surface area contributed by atoms with Gasteiger partial charge in [-0.2, -0.15) is 5.10 Å². The molecule has 0 spiro atoms. The van der Waals surface area contributed by atoms with Crippen molar-refractivity contribution >= 4 is 23.0 Å². The van der Waals surface area contributed by atoms with Crippen LogP contribution in [0, 0.1) is 11.8 Å². The number of carbonyl (C=O) groups is 1. The Morgan fingerprint density at radius 2 is 2.19 bits per heavy atom. The fourth-order valence-electron chi connectivity index (χ4n) is 3.08. The van der Waals surface area contributed by atoms with Crippen LogP contribution in [0.4, 0.5) is 5.69 Å². The molecule has 0 amide bonds. The highest BCUT2D eigenvalue weighted by Crippen LogP contribution is 2.33. The van der Waals surface area contributed by atoms with Gasteiger partial charge in [0.2, 0.25) is 0 Å². The van der Waals surface area contributed by atoms with Crippen LogP contribution in [0.5, 0.6) is 0 Å². The van der Waals surface area contributed by atoms with Crippen molar-refractivity contribution in [2.75, 3.05) is 12.4 Å². The molecule has 26 heavy (non-hydrogen) atoms. The third-order valence-electron chi connectivity index (χ3n) is 4.37. The fraction of sp³-hybridized carbons (Fsp3) is 0.421. The summed E-state index contributed by atoms with van der Waals surface area (Å²) in [5, 5.41) is 7.75. The molecular formula is C19H22N4O2S. The Kier molecular flexibility index (Phi) is 5.74. The zero-order chi connectivity index (χ0) is 18.5. The number of rotatable bonds is 4. The number of aromatic nitrogens is 3. The van der Waals surface area contributed by atoms with Gasteiger partial charge in [0.15, 0.2) is 0 Å². The number of allylic oxidation sites excluding steroid dienone is 1. The Balaban J connectivity index is 1.70. The van der Waals surface area contributed by atoms with Gasteiger partial charge < -0.3 is 10.1 Å². The highest BCUT2D eigenvalue weighted by molar-refractivity contribution is 7.15. The number of carbonyl (C=O) groups excluding carboxylic acids is 1. The molecule has 0 atom stereocenters. The number of anilines is 1. The molecule has 0 aromatic carbocycles. The third kappa shape index (κ3) is 4.33. The first-order valence-corrected chi connectivity index (χ1v) is 9.38. The van der Waals surface area contributed by atoms with Crippen LogP contribution in [-0.4, -0.2) is 33.9 Å². The van der Waals surface area contributed by atoms with E-state index < -0.39 is 0 Å². The summed E-state index contributed by atoms with van der Waals surface area (Å²) in [6.07, 6.45) is 7.43. The number of methoxy groups -OCH3 is 1. The number of thiophene rings is 1. The number of hydrogen-bond acceptors (Lipinski definition) is 6. The first-order valence-electron chi connectivity index (χ1n) is 8.57. The van der Waals surface area contributed by atoms with Crippen LogP contribution in [0.1, 0.15) is 53.2 Å². The van der Waals surface area contributed by atoms with Crippen molar-refractivity contribution in [2.24, 2.45) is 0 Å². The molecule has 1 fully saturated rings. The van der Waals surface area contributed by atoms with Gasteiger partial charge in [0.05, 0.1) is 23.7 Å². The zero-order valence-corrected chi connectivity index (χ0v) is 15.8. The van der Waals surface area contributed by atoms with Crippen molar-refractivity contribution in [1.82, 2.24) is 14.8 Å². The Morgan fingerprint density at radius 1 is 1.42 bits per heavy atom. The van der Waals surface area contributed by atoms with Crippen LogP contribution in [-0.2, 0) is 4.74 Å². The van der Waals surface area contributed by atoms with E-state index in [1.165, 1.54) is 18.4 Å². The van der Waals surface area contributed by atoms with Gasteiger partial charge in [-0.05, 0) is 44.2 Å². The minimum atomic E-state index is -0.336. The summed E-state index contributed by atoms with van der Waals surface area (Å²) in [4.78, 5) is 17.5. The molecule has 0 aliphatic heterocycles. The summed E-state index contributed by atoms with van der Waals surface area (Å²) in [6.45, 7) is 5.64. The minimum Gasteiger partial charge on any atom is -0.465 e. The summed E-state index contributed by atoms with van der Waals surface area (Å²) in [5.74, 6) is 5.67. The molecule has 1 aliphatic carbocycles. The highest BCUT2D eigenvalue weighted by atomic mass is 32.1.